The first-order chi connectivity index (χ1) is 16.4. The van der Waals surface area contributed by atoms with Gasteiger partial charge < -0.3 is 10.1 Å². The average Bonchev–Trinajstić information content (AvgIpc) is 2.83. The fourth-order valence-corrected chi connectivity index (χ4v) is 3.12. The van der Waals surface area contributed by atoms with Crippen LogP contribution in [-0.2, 0) is 20.9 Å². The van der Waals surface area contributed by atoms with Crippen molar-refractivity contribution in [2.24, 2.45) is 10.2 Å². The molecule has 0 aliphatic heterocycles. The fraction of sp³-hybridized carbons (Fsp3) is 0.115. The number of amides is 1. The van der Waals surface area contributed by atoms with Crippen LogP contribution in [0.4, 0.5) is 11.4 Å². The first-order valence-electron chi connectivity index (χ1n) is 10.3. The Balaban J connectivity index is 1.67. The number of ketones is 1. The van der Waals surface area contributed by atoms with E-state index in [2.05, 4.69) is 22.1 Å². The van der Waals surface area contributed by atoms with Crippen LogP contribution in [0.1, 0.15) is 28.4 Å². The summed E-state index contributed by atoms with van der Waals surface area (Å²) in [5, 5.41) is 10.7. The molecule has 0 aliphatic carbocycles. The molecular formula is C26H22ClN3O4. The molecule has 172 valence electrons. The Kier molecular flexibility index (Phi) is 8.43. The zero-order valence-corrected chi connectivity index (χ0v) is 19.2. The number of hydrogen-bond donors (Lipinski definition) is 1. The van der Waals surface area contributed by atoms with E-state index in [1.807, 2.05) is 24.3 Å². The summed E-state index contributed by atoms with van der Waals surface area (Å²) >= 11 is 6.04. The van der Waals surface area contributed by atoms with Gasteiger partial charge in [-0.15, -0.1) is 0 Å². The van der Waals surface area contributed by atoms with Crippen LogP contribution in [0, 0.1) is 0 Å². The predicted molar refractivity (Wildman–Crippen MR) is 131 cm³/mol. The highest BCUT2D eigenvalue weighted by atomic mass is 35.5. The van der Waals surface area contributed by atoms with Crippen LogP contribution in [0.25, 0.3) is 6.08 Å². The van der Waals surface area contributed by atoms with Crippen molar-refractivity contribution >= 4 is 46.7 Å². The van der Waals surface area contributed by atoms with Gasteiger partial charge in [0.05, 0.1) is 10.6 Å². The van der Waals surface area contributed by atoms with Gasteiger partial charge in [-0.2, -0.15) is 10.2 Å². The lowest BCUT2D eigenvalue weighted by molar-refractivity contribution is -0.126. The summed E-state index contributed by atoms with van der Waals surface area (Å²) in [5.74, 6) is -1.73. The molecule has 3 rings (SSSR count). The van der Waals surface area contributed by atoms with Gasteiger partial charge in [0.1, 0.15) is 12.3 Å². The minimum Gasteiger partial charge on any atom is -0.457 e. The fourth-order valence-electron chi connectivity index (χ4n) is 2.95. The summed E-state index contributed by atoms with van der Waals surface area (Å²) in [4.78, 5) is 37.2. The lowest BCUT2D eigenvalue weighted by Gasteiger charge is -2.11. The maximum atomic E-state index is 12.7. The number of esters is 1. The Labute approximate surface area is 202 Å². The molecule has 0 aromatic heterocycles. The molecule has 3 aromatic rings. The Morgan fingerprint density at radius 3 is 2.56 bits per heavy atom. The molecule has 0 fully saturated rings. The van der Waals surface area contributed by atoms with Crippen LogP contribution in [0.2, 0.25) is 5.02 Å². The zero-order valence-electron chi connectivity index (χ0n) is 18.4. The number of rotatable bonds is 9. The quantitative estimate of drug-likeness (QED) is 0.232. The highest BCUT2D eigenvalue weighted by molar-refractivity contribution is 6.32. The molecule has 0 saturated heterocycles. The van der Waals surface area contributed by atoms with Gasteiger partial charge in [-0.05, 0) is 54.4 Å². The molecule has 0 aliphatic rings. The van der Waals surface area contributed by atoms with Crippen molar-refractivity contribution in [1.82, 2.24) is 0 Å². The van der Waals surface area contributed by atoms with Crippen molar-refractivity contribution in [3.8, 4) is 0 Å². The van der Waals surface area contributed by atoms with E-state index in [-0.39, 0.29) is 12.2 Å². The Morgan fingerprint density at radius 2 is 1.82 bits per heavy atom. The van der Waals surface area contributed by atoms with Crippen molar-refractivity contribution in [2.45, 2.75) is 19.6 Å². The molecule has 0 bridgehead atoms. The van der Waals surface area contributed by atoms with Gasteiger partial charge in [0, 0.05) is 5.69 Å². The largest absolute Gasteiger partial charge is 0.457 e. The summed E-state index contributed by atoms with van der Waals surface area (Å²) in [6, 6.07) is 19.0. The maximum absolute atomic E-state index is 12.7. The highest BCUT2D eigenvalue weighted by Crippen LogP contribution is 2.24. The molecular weight excluding hydrogens is 454 g/mol. The minimum atomic E-state index is -1.37. The molecule has 0 radical (unpaired) electrons. The van der Waals surface area contributed by atoms with E-state index in [0.29, 0.717) is 16.4 Å². The third-order valence-electron chi connectivity index (χ3n) is 4.69. The topological polar surface area (TPSA) is 97.2 Å². The number of ether oxygens (including phenoxy) is 1. The molecule has 3 aromatic carbocycles. The number of halogens is 1. The minimum absolute atomic E-state index is 0.0892. The first-order valence-corrected chi connectivity index (χ1v) is 10.7. The molecule has 8 heteroatoms. The van der Waals surface area contributed by atoms with Crippen LogP contribution in [0.3, 0.4) is 0 Å². The van der Waals surface area contributed by atoms with Crippen LogP contribution >= 0.6 is 11.6 Å². The van der Waals surface area contributed by atoms with Crippen LogP contribution < -0.4 is 5.32 Å². The monoisotopic (exact) mass is 475 g/mol. The number of Topliss-reactive ketones (excluding diaryl/α,β-unsaturated/α-hetero) is 1. The van der Waals surface area contributed by atoms with Crippen LogP contribution in [-0.4, -0.2) is 23.7 Å². The molecule has 0 heterocycles. The van der Waals surface area contributed by atoms with Crippen LogP contribution in [0.15, 0.2) is 89.6 Å². The Morgan fingerprint density at radius 1 is 1.06 bits per heavy atom. The number of carbonyl (C=O) groups is 3. The van der Waals surface area contributed by atoms with Gasteiger partial charge in [0.2, 0.25) is 6.04 Å². The van der Waals surface area contributed by atoms with Crippen molar-refractivity contribution in [1.29, 1.82) is 0 Å². The van der Waals surface area contributed by atoms with Gasteiger partial charge in [0.25, 0.3) is 5.91 Å². The third kappa shape index (κ3) is 6.70. The molecule has 0 saturated carbocycles. The lowest BCUT2D eigenvalue weighted by Crippen LogP contribution is -2.31. The summed E-state index contributed by atoms with van der Waals surface area (Å²) in [7, 11) is 0. The Bertz CT molecular complexity index is 1260. The molecule has 1 unspecified atom stereocenters. The average molecular weight is 476 g/mol. The summed E-state index contributed by atoms with van der Waals surface area (Å²) in [5.41, 5.74) is 2.64. The maximum Gasteiger partial charge on any atom is 0.338 e. The van der Waals surface area contributed by atoms with E-state index in [1.165, 1.54) is 13.0 Å². The van der Waals surface area contributed by atoms with Gasteiger partial charge >= 0.3 is 5.97 Å². The van der Waals surface area contributed by atoms with Crippen molar-refractivity contribution < 1.29 is 19.1 Å². The van der Waals surface area contributed by atoms with E-state index in [1.54, 1.807) is 48.5 Å². The predicted octanol–water partition coefficient (Wildman–Crippen LogP) is 6.02. The van der Waals surface area contributed by atoms with E-state index in [9.17, 15) is 14.4 Å². The van der Waals surface area contributed by atoms with Gasteiger partial charge in [-0.3, -0.25) is 9.59 Å². The number of benzene rings is 3. The SMILES string of the molecule is C=Cc1cccc(COC(=O)c2cccc(NC(=O)C(N=Nc3ccccc3Cl)C(C)=O)c2)c1. The molecule has 0 spiro atoms. The highest BCUT2D eigenvalue weighted by Gasteiger charge is 2.23. The molecule has 1 N–H and O–H groups in total. The van der Waals surface area contributed by atoms with E-state index < -0.39 is 23.7 Å². The van der Waals surface area contributed by atoms with E-state index in [4.69, 9.17) is 16.3 Å². The number of carbonyl (C=O) groups excluding carboxylic acids is 3. The zero-order chi connectivity index (χ0) is 24.5. The number of nitrogens with one attached hydrogen (secondary N) is 1. The van der Waals surface area contributed by atoms with Gasteiger partial charge in [-0.25, -0.2) is 4.79 Å². The standard InChI is InChI=1S/C26H22ClN3O4/c1-3-18-8-6-9-19(14-18)16-34-26(33)20-10-7-11-21(15-20)28-25(32)24(17(2)31)30-29-23-13-5-4-12-22(23)27/h3-15,24H,1,16H2,2H3,(H,28,32). The second-order valence-corrected chi connectivity index (χ2v) is 7.68. The number of anilines is 1. The number of nitrogens with zero attached hydrogens (tertiary/aromatic N) is 2. The smallest absolute Gasteiger partial charge is 0.338 e. The second kappa shape index (κ2) is 11.7. The first kappa shape index (κ1) is 24.5. The van der Waals surface area contributed by atoms with E-state index in [0.717, 1.165) is 11.1 Å². The molecule has 1 atom stereocenters. The number of azo groups is 1. The normalized spacial score (nSPS) is 11.6. The van der Waals surface area contributed by atoms with Crippen molar-refractivity contribution in [2.75, 3.05) is 5.32 Å². The third-order valence-corrected chi connectivity index (χ3v) is 5.01. The molecule has 1 amide bonds. The summed E-state index contributed by atoms with van der Waals surface area (Å²) in [6.45, 7) is 5.05. The van der Waals surface area contributed by atoms with Gasteiger partial charge in [-0.1, -0.05) is 60.7 Å². The van der Waals surface area contributed by atoms with E-state index >= 15 is 0 Å². The van der Waals surface area contributed by atoms with Crippen molar-refractivity contribution in [3.05, 3.63) is 101 Å². The second-order valence-electron chi connectivity index (χ2n) is 7.28. The number of hydrogen-bond acceptors (Lipinski definition) is 6. The van der Waals surface area contributed by atoms with Crippen molar-refractivity contribution in [3.63, 3.8) is 0 Å². The summed E-state index contributed by atoms with van der Waals surface area (Å²) < 4.78 is 5.37. The van der Waals surface area contributed by atoms with Gasteiger partial charge in [0.15, 0.2) is 5.78 Å². The lowest BCUT2D eigenvalue weighted by atomic mass is 10.1. The Hall–Kier alpha value is -4.10. The van der Waals surface area contributed by atoms with Crippen LogP contribution in [0.5, 0.6) is 0 Å². The molecule has 34 heavy (non-hydrogen) atoms. The summed E-state index contributed by atoms with van der Waals surface area (Å²) in [6.07, 6.45) is 1.71. The molecule has 7 nitrogen and oxygen atoms in total.